The van der Waals surface area contributed by atoms with Crippen LogP contribution in [0.5, 0.6) is 0 Å². The van der Waals surface area contributed by atoms with Crippen molar-refractivity contribution in [3.8, 4) is 11.1 Å². The first-order valence-electron chi connectivity index (χ1n) is 5.17. The topological polar surface area (TPSA) is 91.7 Å². The molecule has 2 N–H and O–H groups in total. The first-order valence-corrected chi connectivity index (χ1v) is 6.05. The van der Waals surface area contributed by atoms with E-state index in [1.54, 1.807) is 11.4 Å². The zero-order valence-electron chi connectivity index (χ0n) is 9.49. The molecule has 0 fully saturated rings. The van der Waals surface area contributed by atoms with Crippen molar-refractivity contribution in [3.63, 3.8) is 0 Å². The molecule has 2 aromatic rings. The maximum Gasteiger partial charge on any atom is 0.335 e. The molecule has 0 saturated heterocycles. The van der Waals surface area contributed by atoms with Crippen molar-refractivity contribution in [2.45, 2.75) is 0 Å². The van der Waals surface area contributed by atoms with Crippen LogP contribution in [-0.2, 0) is 0 Å². The fourth-order valence-corrected chi connectivity index (χ4v) is 2.40. The van der Waals surface area contributed by atoms with Crippen LogP contribution in [0.15, 0.2) is 29.6 Å². The quantitative estimate of drug-likeness (QED) is 0.837. The Morgan fingerprint density at radius 2 is 1.63 bits per heavy atom. The first kappa shape index (κ1) is 13.0. The molecule has 0 aliphatic carbocycles. The van der Waals surface area contributed by atoms with Gasteiger partial charge in [-0.3, -0.25) is 4.79 Å². The fourth-order valence-electron chi connectivity index (χ4n) is 1.68. The Labute approximate surface area is 111 Å². The van der Waals surface area contributed by atoms with Gasteiger partial charge in [-0.15, -0.1) is 11.3 Å². The highest BCUT2D eigenvalue weighted by Gasteiger charge is 2.14. The highest BCUT2D eigenvalue weighted by Crippen LogP contribution is 2.28. The van der Waals surface area contributed by atoms with Crippen molar-refractivity contribution < 1.29 is 24.6 Å². The van der Waals surface area contributed by atoms with Gasteiger partial charge in [-0.05, 0) is 35.2 Å². The van der Waals surface area contributed by atoms with Crippen LogP contribution in [0.25, 0.3) is 11.1 Å². The molecule has 1 aromatic carbocycles. The van der Waals surface area contributed by atoms with Crippen LogP contribution >= 0.6 is 11.3 Å². The van der Waals surface area contributed by atoms with Crippen LogP contribution in [0.3, 0.4) is 0 Å². The molecule has 0 spiro atoms. The van der Waals surface area contributed by atoms with Gasteiger partial charge < -0.3 is 10.2 Å². The second kappa shape index (κ2) is 5.03. The minimum absolute atomic E-state index is 0.127. The Morgan fingerprint density at radius 1 is 1.05 bits per heavy atom. The zero-order valence-corrected chi connectivity index (χ0v) is 10.3. The molecule has 96 valence electrons. The number of aromatic carboxylic acids is 2. The van der Waals surface area contributed by atoms with Crippen LogP contribution in [0.1, 0.15) is 30.4 Å². The minimum atomic E-state index is -1.22. The van der Waals surface area contributed by atoms with Gasteiger partial charge in [0.05, 0.1) is 16.0 Å². The molecule has 5 nitrogen and oxygen atoms in total. The van der Waals surface area contributed by atoms with Gasteiger partial charge in [0.2, 0.25) is 0 Å². The predicted molar refractivity (Wildman–Crippen MR) is 69.1 cm³/mol. The van der Waals surface area contributed by atoms with Gasteiger partial charge in [-0.25, -0.2) is 9.59 Å². The van der Waals surface area contributed by atoms with E-state index in [4.69, 9.17) is 10.2 Å². The third-order valence-electron chi connectivity index (χ3n) is 2.54. The Kier molecular flexibility index (Phi) is 3.43. The highest BCUT2D eigenvalue weighted by atomic mass is 32.1. The summed E-state index contributed by atoms with van der Waals surface area (Å²) in [6.07, 6.45) is 0.661. The second-order valence-corrected chi connectivity index (χ2v) is 4.67. The van der Waals surface area contributed by atoms with E-state index in [1.165, 1.54) is 23.5 Å². The van der Waals surface area contributed by atoms with Crippen molar-refractivity contribution >= 4 is 29.6 Å². The number of rotatable bonds is 4. The average molecular weight is 276 g/mol. The van der Waals surface area contributed by atoms with Gasteiger partial charge in [-0.1, -0.05) is 0 Å². The number of aldehydes is 1. The SMILES string of the molecule is O=Cc1sccc1-c1cc(C(=O)O)cc(C(=O)O)c1. The summed E-state index contributed by atoms with van der Waals surface area (Å²) < 4.78 is 0. The van der Waals surface area contributed by atoms with E-state index in [-0.39, 0.29) is 11.1 Å². The molecule has 6 heteroatoms. The molecule has 0 radical (unpaired) electrons. The molecular weight excluding hydrogens is 268 g/mol. The van der Waals surface area contributed by atoms with E-state index < -0.39 is 11.9 Å². The fraction of sp³-hybridized carbons (Fsp3) is 0. The van der Waals surface area contributed by atoms with Gasteiger partial charge in [0, 0.05) is 5.56 Å². The Hall–Kier alpha value is -2.47. The summed E-state index contributed by atoms with van der Waals surface area (Å²) in [4.78, 5) is 33.3. The van der Waals surface area contributed by atoms with Gasteiger partial charge in [0.1, 0.15) is 0 Å². The van der Waals surface area contributed by atoms with Gasteiger partial charge in [0.15, 0.2) is 6.29 Å². The number of hydrogen-bond donors (Lipinski definition) is 2. The molecule has 0 aliphatic heterocycles. The average Bonchev–Trinajstić information content (AvgIpc) is 2.86. The summed E-state index contributed by atoms with van der Waals surface area (Å²) in [6.45, 7) is 0. The van der Waals surface area contributed by atoms with Crippen molar-refractivity contribution in [1.29, 1.82) is 0 Å². The lowest BCUT2D eigenvalue weighted by molar-refractivity contribution is 0.0696. The number of carbonyl (C=O) groups excluding carboxylic acids is 1. The molecule has 0 aliphatic rings. The van der Waals surface area contributed by atoms with Crippen molar-refractivity contribution in [3.05, 3.63) is 45.6 Å². The van der Waals surface area contributed by atoms with E-state index in [0.29, 0.717) is 22.3 Å². The van der Waals surface area contributed by atoms with Crippen molar-refractivity contribution in [2.24, 2.45) is 0 Å². The minimum Gasteiger partial charge on any atom is -0.478 e. The lowest BCUT2D eigenvalue weighted by atomic mass is 10.0. The zero-order chi connectivity index (χ0) is 14.0. The Bertz CT molecular complexity index is 639. The molecule has 0 atom stereocenters. The second-order valence-electron chi connectivity index (χ2n) is 3.73. The number of carboxylic acids is 2. The summed E-state index contributed by atoms with van der Waals surface area (Å²) in [5, 5.41) is 19.6. The van der Waals surface area contributed by atoms with Gasteiger partial charge in [0.25, 0.3) is 0 Å². The Morgan fingerprint density at radius 3 is 2.11 bits per heavy atom. The normalized spacial score (nSPS) is 10.1. The van der Waals surface area contributed by atoms with E-state index in [1.807, 2.05) is 0 Å². The van der Waals surface area contributed by atoms with Crippen LogP contribution in [0.4, 0.5) is 0 Å². The number of carboxylic acid groups (broad SMARTS) is 2. The van der Waals surface area contributed by atoms with Crippen molar-refractivity contribution in [2.75, 3.05) is 0 Å². The first-order chi connectivity index (χ1) is 9.02. The highest BCUT2D eigenvalue weighted by molar-refractivity contribution is 7.12. The van der Waals surface area contributed by atoms with Crippen LogP contribution in [0, 0.1) is 0 Å². The molecule has 0 saturated carbocycles. The van der Waals surface area contributed by atoms with Gasteiger partial charge >= 0.3 is 11.9 Å². The van der Waals surface area contributed by atoms with Crippen molar-refractivity contribution in [1.82, 2.24) is 0 Å². The molecule has 0 unspecified atom stereocenters. The molecule has 1 heterocycles. The standard InChI is InChI=1S/C13H8O5S/c14-6-11-10(1-2-19-11)7-3-8(12(15)16)5-9(4-7)13(17)18/h1-6H,(H,15,16)(H,17,18). The van der Waals surface area contributed by atoms with Gasteiger partial charge in [-0.2, -0.15) is 0 Å². The third kappa shape index (κ3) is 2.53. The molecular formula is C13H8O5S. The van der Waals surface area contributed by atoms with Crippen LogP contribution < -0.4 is 0 Å². The summed E-state index contributed by atoms with van der Waals surface area (Å²) >= 11 is 1.21. The lowest BCUT2D eigenvalue weighted by Crippen LogP contribution is -2.03. The van der Waals surface area contributed by atoms with Crippen LogP contribution in [0.2, 0.25) is 0 Å². The number of thiophene rings is 1. The predicted octanol–water partition coefficient (Wildman–Crippen LogP) is 2.62. The summed E-state index contributed by atoms with van der Waals surface area (Å²) in [7, 11) is 0. The molecule has 0 amide bonds. The summed E-state index contributed by atoms with van der Waals surface area (Å²) in [5.74, 6) is -2.43. The molecule has 2 rings (SSSR count). The largest absolute Gasteiger partial charge is 0.478 e. The maximum atomic E-state index is 11.0. The van der Waals surface area contributed by atoms with E-state index in [9.17, 15) is 14.4 Å². The Balaban J connectivity index is 2.66. The van der Waals surface area contributed by atoms with E-state index in [2.05, 4.69) is 0 Å². The van der Waals surface area contributed by atoms with E-state index >= 15 is 0 Å². The lowest BCUT2D eigenvalue weighted by Gasteiger charge is -2.04. The van der Waals surface area contributed by atoms with E-state index in [0.717, 1.165) is 6.07 Å². The maximum absolute atomic E-state index is 11.0. The summed E-state index contributed by atoms with van der Waals surface area (Å²) in [6, 6.07) is 5.44. The monoisotopic (exact) mass is 276 g/mol. The third-order valence-corrected chi connectivity index (χ3v) is 3.38. The van der Waals surface area contributed by atoms with Crippen LogP contribution in [-0.4, -0.2) is 28.4 Å². The summed E-state index contributed by atoms with van der Waals surface area (Å²) in [5.41, 5.74) is 0.683. The molecule has 19 heavy (non-hydrogen) atoms. The number of benzene rings is 1. The molecule has 0 bridgehead atoms. The molecule has 1 aromatic heterocycles. The number of carbonyl (C=O) groups is 3. The number of hydrogen-bond acceptors (Lipinski definition) is 4. The smallest absolute Gasteiger partial charge is 0.335 e.